The van der Waals surface area contributed by atoms with Crippen molar-refractivity contribution in [2.75, 3.05) is 0 Å². The Morgan fingerprint density at radius 1 is 1.20 bits per heavy atom. The quantitative estimate of drug-likeness (QED) is 0.367. The van der Waals surface area contributed by atoms with Crippen molar-refractivity contribution in [1.29, 1.82) is 0 Å². The van der Waals surface area contributed by atoms with E-state index in [1.807, 2.05) is 13.0 Å². The van der Waals surface area contributed by atoms with Crippen LogP contribution in [0.1, 0.15) is 13.3 Å². The third-order valence-electron chi connectivity index (χ3n) is 0.989. The lowest BCUT2D eigenvalue weighted by Crippen LogP contribution is -1.85. The van der Waals surface area contributed by atoms with Gasteiger partial charge < -0.3 is 0 Å². The highest BCUT2D eigenvalue weighted by molar-refractivity contribution is 7.33. The summed E-state index contributed by atoms with van der Waals surface area (Å²) in [5.74, 6) is 0. The van der Waals surface area contributed by atoms with E-state index in [9.17, 15) is 0 Å². The Kier molecular flexibility index (Phi) is 7.59. The Balaban J connectivity index is 3.20. The zero-order chi connectivity index (χ0) is 7.82. The van der Waals surface area contributed by atoms with Gasteiger partial charge in [-0.25, -0.2) is 0 Å². The van der Waals surface area contributed by atoms with Crippen molar-refractivity contribution in [3.05, 3.63) is 24.3 Å². The predicted molar refractivity (Wildman–Crippen MR) is 52.2 cm³/mol. The van der Waals surface area contributed by atoms with E-state index >= 15 is 0 Å². The lowest BCUT2D eigenvalue weighted by molar-refractivity contribution is 1.36. The van der Waals surface area contributed by atoms with Crippen LogP contribution in [0.5, 0.6) is 0 Å². The molecule has 0 amide bonds. The molecule has 0 atom stereocenters. The van der Waals surface area contributed by atoms with Crippen LogP contribution in [0.2, 0.25) is 6.04 Å². The average Bonchev–Trinajstić information content (AvgIpc) is 1.87. The molecule has 0 radical (unpaired) electrons. The van der Waals surface area contributed by atoms with Gasteiger partial charge in [-0.2, -0.15) is 22.2 Å². The van der Waals surface area contributed by atoms with Crippen LogP contribution in [0.25, 0.3) is 0 Å². The fourth-order valence-corrected chi connectivity index (χ4v) is 1.53. The maximum absolute atomic E-state index is 5.63. The fraction of sp³-hybridized carbons (Fsp3) is 0.429. The molecule has 0 aliphatic heterocycles. The summed E-state index contributed by atoms with van der Waals surface area (Å²) in [6, 6.07) is 0.876. The van der Waals surface area contributed by atoms with Crippen molar-refractivity contribution in [2.24, 2.45) is 0 Å². The largest absolute Gasteiger partial charge is 0.240 e. The fourth-order valence-electron chi connectivity index (χ4n) is 0.510. The Bertz CT molecular complexity index is 119. The normalized spacial score (nSPS) is 12.4. The molecule has 0 fully saturated rings. The minimum absolute atomic E-state index is 0.876. The highest BCUT2D eigenvalue weighted by atomic mass is 35.7. The molecule has 0 aromatic rings. The summed E-state index contributed by atoms with van der Waals surface area (Å²) in [4.78, 5) is 0. The van der Waals surface area contributed by atoms with Crippen molar-refractivity contribution >= 4 is 29.6 Å². The van der Waals surface area contributed by atoms with Crippen molar-refractivity contribution in [3.63, 3.8) is 0 Å². The van der Waals surface area contributed by atoms with E-state index in [1.165, 1.54) is 0 Å². The molecular formula is C7H12Cl2Si. The van der Waals surface area contributed by atoms with Gasteiger partial charge in [-0.15, -0.1) is 0 Å². The summed E-state index contributed by atoms with van der Waals surface area (Å²) in [7, 11) is -1.39. The first kappa shape index (κ1) is 10.3. The van der Waals surface area contributed by atoms with Crippen LogP contribution in [0.3, 0.4) is 0 Å². The smallest absolute Gasteiger partial charge is 0.150 e. The molecule has 0 aliphatic carbocycles. The van der Waals surface area contributed by atoms with Gasteiger partial charge in [0.15, 0.2) is 0 Å². The number of allylic oxidation sites excluding steroid dienone is 4. The molecule has 0 aromatic carbocycles. The molecule has 0 saturated heterocycles. The van der Waals surface area contributed by atoms with Crippen LogP contribution in [0.15, 0.2) is 24.3 Å². The lowest BCUT2D eigenvalue weighted by Gasteiger charge is -1.87. The Morgan fingerprint density at radius 2 is 1.90 bits per heavy atom. The molecular weight excluding hydrogens is 183 g/mol. The first-order valence-corrected chi connectivity index (χ1v) is 7.62. The number of rotatable bonds is 4. The Morgan fingerprint density at radius 3 is 2.40 bits per heavy atom. The average molecular weight is 195 g/mol. The van der Waals surface area contributed by atoms with Gasteiger partial charge in [-0.05, 0) is 19.4 Å². The minimum Gasteiger partial charge on any atom is -0.150 e. The van der Waals surface area contributed by atoms with Crippen molar-refractivity contribution < 1.29 is 0 Å². The molecule has 0 spiro atoms. The predicted octanol–water partition coefficient (Wildman–Crippen LogP) is 3.21. The van der Waals surface area contributed by atoms with Gasteiger partial charge in [0.1, 0.15) is 0 Å². The van der Waals surface area contributed by atoms with Crippen LogP contribution in [-0.2, 0) is 0 Å². The monoisotopic (exact) mass is 194 g/mol. The van der Waals surface area contributed by atoms with Gasteiger partial charge in [0.05, 0.1) is 0 Å². The van der Waals surface area contributed by atoms with Crippen molar-refractivity contribution in [2.45, 2.75) is 19.4 Å². The zero-order valence-electron chi connectivity index (χ0n) is 6.06. The Labute approximate surface area is 73.5 Å². The summed E-state index contributed by atoms with van der Waals surface area (Å²) in [6.45, 7) is 2.01. The summed E-state index contributed by atoms with van der Waals surface area (Å²) >= 11 is 11.3. The molecule has 10 heavy (non-hydrogen) atoms. The molecule has 0 aliphatic rings. The van der Waals surface area contributed by atoms with Gasteiger partial charge in [0.2, 0.25) is 7.42 Å². The first-order valence-electron chi connectivity index (χ1n) is 3.31. The van der Waals surface area contributed by atoms with Gasteiger partial charge in [-0.1, -0.05) is 24.3 Å². The highest BCUT2D eigenvalue weighted by Gasteiger charge is 1.94. The van der Waals surface area contributed by atoms with Gasteiger partial charge in [-0.3, -0.25) is 0 Å². The molecule has 58 valence electrons. The molecule has 0 unspecified atom stereocenters. The molecule has 0 heterocycles. The zero-order valence-corrected chi connectivity index (χ0v) is 8.72. The minimum atomic E-state index is -1.39. The van der Waals surface area contributed by atoms with Crippen LogP contribution in [-0.4, -0.2) is 7.42 Å². The van der Waals surface area contributed by atoms with Crippen molar-refractivity contribution in [1.82, 2.24) is 0 Å². The number of hydrogen-bond acceptors (Lipinski definition) is 0. The molecule has 3 heteroatoms. The van der Waals surface area contributed by atoms with Crippen LogP contribution < -0.4 is 0 Å². The van der Waals surface area contributed by atoms with Crippen LogP contribution in [0.4, 0.5) is 0 Å². The molecule has 0 saturated carbocycles. The standard InChI is InChI=1S/C7H12Cl2Si/c1-2-3-4-5-6-7-10(8)9/h2-3,5-6,10H,4,7H2,1H3. The first-order chi connectivity index (χ1) is 4.77. The van der Waals surface area contributed by atoms with E-state index in [0.29, 0.717) is 0 Å². The number of hydrogen-bond donors (Lipinski definition) is 0. The molecule has 0 bridgehead atoms. The van der Waals surface area contributed by atoms with Gasteiger partial charge in [0, 0.05) is 0 Å². The molecule has 0 rings (SSSR count). The van der Waals surface area contributed by atoms with E-state index in [0.717, 1.165) is 12.5 Å². The second-order valence-corrected chi connectivity index (χ2v) is 6.99. The highest BCUT2D eigenvalue weighted by Crippen LogP contribution is 2.03. The van der Waals surface area contributed by atoms with E-state index in [4.69, 9.17) is 22.2 Å². The molecule has 0 N–H and O–H groups in total. The Hall–Kier alpha value is 0.277. The molecule has 0 nitrogen and oxygen atoms in total. The lowest BCUT2D eigenvalue weighted by atomic mass is 10.3. The topological polar surface area (TPSA) is 0 Å². The summed E-state index contributed by atoms with van der Waals surface area (Å²) in [5.41, 5.74) is 0. The van der Waals surface area contributed by atoms with Gasteiger partial charge >= 0.3 is 0 Å². The van der Waals surface area contributed by atoms with Crippen LogP contribution in [0, 0.1) is 0 Å². The maximum atomic E-state index is 5.63. The second kappa shape index (κ2) is 7.38. The SMILES string of the molecule is CC=CCC=CC[SiH](Cl)Cl. The maximum Gasteiger partial charge on any atom is 0.240 e. The third kappa shape index (κ3) is 8.28. The van der Waals surface area contributed by atoms with Crippen LogP contribution >= 0.6 is 22.2 Å². The van der Waals surface area contributed by atoms with E-state index < -0.39 is 7.42 Å². The van der Waals surface area contributed by atoms with Gasteiger partial charge in [0.25, 0.3) is 0 Å². The van der Waals surface area contributed by atoms with E-state index in [1.54, 1.807) is 0 Å². The number of halogens is 2. The summed E-state index contributed by atoms with van der Waals surface area (Å²) < 4.78 is 0. The van der Waals surface area contributed by atoms with E-state index in [2.05, 4.69) is 18.2 Å². The summed E-state index contributed by atoms with van der Waals surface area (Å²) in [6.07, 6.45) is 9.25. The van der Waals surface area contributed by atoms with E-state index in [-0.39, 0.29) is 0 Å². The second-order valence-electron chi connectivity index (χ2n) is 1.90. The van der Waals surface area contributed by atoms with Crippen molar-refractivity contribution in [3.8, 4) is 0 Å². The summed E-state index contributed by atoms with van der Waals surface area (Å²) in [5, 5.41) is 0. The molecule has 0 aromatic heterocycles. The third-order valence-corrected chi connectivity index (χ3v) is 2.69.